The zero-order valence-corrected chi connectivity index (χ0v) is 25.0. The summed E-state index contributed by atoms with van der Waals surface area (Å²) in [5.41, 5.74) is 1.47. The van der Waals surface area contributed by atoms with Gasteiger partial charge in [0.05, 0.1) is 23.7 Å². The number of benzene rings is 3. The van der Waals surface area contributed by atoms with E-state index in [1.807, 2.05) is 0 Å². The van der Waals surface area contributed by atoms with E-state index in [-0.39, 0.29) is 23.1 Å². The molecular weight excluding hydrogens is 646 g/mol. The molecule has 1 fully saturated rings. The van der Waals surface area contributed by atoms with Gasteiger partial charge in [-0.05, 0) is 66.7 Å². The predicted octanol–water partition coefficient (Wildman–Crippen LogP) is 4.73. The Hall–Kier alpha value is -4.07. The molecule has 1 saturated heterocycles. The second-order valence-electron chi connectivity index (χ2n) is 9.53. The first-order valence-corrected chi connectivity index (χ1v) is 15.1. The van der Waals surface area contributed by atoms with Crippen LogP contribution in [0, 0.1) is 5.92 Å². The van der Waals surface area contributed by atoms with Crippen molar-refractivity contribution in [3.8, 4) is 17.2 Å². The van der Waals surface area contributed by atoms with Crippen LogP contribution in [0.1, 0.15) is 16.4 Å². The number of methoxy groups -OCH3 is 1. The van der Waals surface area contributed by atoms with Crippen molar-refractivity contribution in [2.24, 2.45) is 5.92 Å². The number of H-pyrrole nitrogens is 1. The summed E-state index contributed by atoms with van der Waals surface area (Å²) in [7, 11) is 1.53. The standard InChI is InChI=1S/C29H22BrN3O7S2/c1-39-18-9-5-16(6-10-18)33-27(36)23-22(24-26(32-29(38)42-24)41-25(23)28(33)37)19-12-14(30)2-11-20(19)40-13-21(35)31-15-3-7-17(34)8-4-15/h2-12,22-23,25,34H,13H2,1H3,(H,31,35)(H,32,38)/t22-,23-,25+/m0/s1. The summed E-state index contributed by atoms with van der Waals surface area (Å²) in [5, 5.41) is 11.9. The second kappa shape index (κ2) is 11.3. The molecule has 0 unspecified atom stereocenters. The normalized spacial score (nSPS) is 19.3. The predicted molar refractivity (Wildman–Crippen MR) is 162 cm³/mol. The second-order valence-corrected chi connectivity index (χ2v) is 12.6. The molecule has 2 aliphatic rings. The third-order valence-corrected chi connectivity index (χ3v) is 9.87. The molecule has 6 rings (SSSR count). The minimum Gasteiger partial charge on any atom is -0.508 e. The Bertz CT molecular complexity index is 1750. The first kappa shape index (κ1) is 28.1. The number of halogens is 1. The number of carbonyl (C=O) groups is 3. The summed E-state index contributed by atoms with van der Waals surface area (Å²) in [4.78, 5) is 57.2. The quantitative estimate of drug-likeness (QED) is 0.190. The van der Waals surface area contributed by atoms with Crippen molar-refractivity contribution in [2.75, 3.05) is 23.9 Å². The molecule has 3 atom stereocenters. The van der Waals surface area contributed by atoms with Gasteiger partial charge < -0.3 is 24.9 Å². The molecule has 0 bridgehead atoms. The van der Waals surface area contributed by atoms with E-state index in [1.54, 1.807) is 54.6 Å². The highest BCUT2D eigenvalue weighted by Crippen LogP contribution is 2.54. The minimum absolute atomic E-state index is 0.0737. The number of phenolic OH excluding ortho intramolecular Hbond substituents is 1. The number of aromatic amines is 1. The van der Waals surface area contributed by atoms with Gasteiger partial charge in [-0.25, -0.2) is 4.90 Å². The maximum Gasteiger partial charge on any atom is 0.305 e. The van der Waals surface area contributed by atoms with E-state index in [4.69, 9.17) is 9.47 Å². The summed E-state index contributed by atoms with van der Waals surface area (Å²) >= 11 is 5.67. The van der Waals surface area contributed by atoms with Crippen molar-refractivity contribution in [3.05, 3.63) is 91.3 Å². The van der Waals surface area contributed by atoms with Crippen molar-refractivity contribution >= 4 is 68.1 Å². The molecule has 0 saturated carbocycles. The Morgan fingerprint density at radius 3 is 2.50 bits per heavy atom. The Labute approximate surface area is 255 Å². The number of nitrogens with zero attached hydrogens (tertiary/aromatic N) is 1. The zero-order valence-electron chi connectivity index (χ0n) is 21.8. The number of aromatic nitrogens is 1. The van der Waals surface area contributed by atoms with E-state index >= 15 is 0 Å². The van der Waals surface area contributed by atoms with Gasteiger partial charge in [-0.1, -0.05) is 39.0 Å². The molecule has 13 heteroatoms. The number of phenols is 1. The first-order valence-electron chi connectivity index (χ1n) is 12.7. The number of rotatable bonds is 7. The fourth-order valence-electron chi connectivity index (χ4n) is 5.12. The molecule has 1 aromatic heterocycles. The van der Waals surface area contributed by atoms with Crippen LogP contribution in [-0.4, -0.2) is 46.8 Å². The van der Waals surface area contributed by atoms with Crippen LogP contribution in [0.15, 0.2) is 81.0 Å². The van der Waals surface area contributed by atoms with Gasteiger partial charge in [-0.15, -0.1) is 0 Å². The molecule has 42 heavy (non-hydrogen) atoms. The molecule has 3 heterocycles. The number of thiazole rings is 1. The smallest absolute Gasteiger partial charge is 0.305 e. The maximum absolute atomic E-state index is 14.0. The lowest BCUT2D eigenvalue weighted by atomic mass is 9.82. The van der Waals surface area contributed by atoms with Crippen LogP contribution < -0.4 is 24.6 Å². The van der Waals surface area contributed by atoms with E-state index in [0.717, 1.165) is 11.3 Å². The van der Waals surface area contributed by atoms with Gasteiger partial charge in [0.2, 0.25) is 11.8 Å². The average Bonchev–Trinajstić information content (AvgIpc) is 3.47. The number of ether oxygens (including phenoxy) is 2. The fourth-order valence-corrected chi connectivity index (χ4v) is 8.00. The third kappa shape index (κ3) is 5.19. The molecule has 2 aliphatic heterocycles. The van der Waals surface area contributed by atoms with Crippen LogP contribution in [0.5, 0.6) is 17.2 Å². The van der Waals surface area contributed by atoms with Gasteiger partial charge in [0.25, 0.3) is 5.91 Å². The Morgan fingerprint density at radius 1 is 1.05 bits per heavy atom. The van der Waals surface area contributed by atoms with E-state index in [1.165, 1.54) is 35.9 Å². The molecular formula is C29H22BrN3O7S2. The highest BCUT2D eigenvalue weighted by molar-refractivity contribution is 9.10. The molecule has 0 radical (unpaired) electrons. The SMILES string of the molecule is COc1ccc(N2C(=O)[C@H]3[C@H](c4cc(Br)ccc4OCC(=O)Nc4ccc(O)cc4)c4sc(=O)[nH]c4S[C@H]3C2=O)cc1. The Morgan fingerprint density at radius 2 is 1.79 bits per heavy atom. The van der Waals surface area contributed by atoms with E-state index in [0.29, 0.717) is 42.8 Å². The van der Waals surface area contributed by atoms with Crippen molar-refractivity contribution in [1.29, 1.82) is 0 Å². The van der Waals surface area contributed by atoms with Crippen LogP contribution in [0.3, 0.4) is 0 Å². The molecule has 3 aromatic carbocycles. The topological polar surface area (TPSA) is 138 Å². The molecule has 3 N–H and O–H groups in total. The fraction of sp³-hybridized carbons (Fsp3) is 0.172. The van der Waals surface area contributed by atoms with Gasteiger partial charge in [0.15, 0.2) is 6.61 Å². The number of hydrogen-bond donors (Lipinski definition) is 3. The highest BCUT2D eigenvalue weighted by Gasteiger charge is 2.56. The summed E-state index contributed by atoms with van der Waals surface area (Å²) in [6.07, 6.45) is 0. The van der Waals surface area contributed by atoms with E-state index < -0.39 is 28.9 Å². The number of imide groups is 1. The Kier molecular flexibility index (Phi) is 7.56. The summed E-state index contributed by atoms with van der Waals surface area (Å²) in [6.45, 7) is -0.341. The minimum atomic E-state index is -0.828. The lowest BCUT2D eigenvalue weighted by Crippen LogP contribution is -2.32. The van der Waals surface area contributed by atoms with E-state index in [9.17, 15) is 24.3 Å². The maximum atomic E-state index is 14.0. The number of aromatic hydroxyl groups is 1. The van der Waals surface area contributed by atoms with Crippen LogP contribution in [0.25, 0.3) is 0 Å². The number of fused-ring (bicyclic) bond motifs is 2. The number of thioether (sulfide) groups is 1. The van der Waals surface area contributed by atoms with Gasteiger partial charge in [-0.3, -0.25) is 19.2 Å². The lowest BCUT2D eigenvalue weighted by Gasteiger charge is -2.31. The van der Waals surface area contributed by atoms with E-state index in [2.05, 4.69) is 26.2 Å². The highest BCUT2D eigenvalue weighted by atomic mass is 79.9. The number of amides is 3. The number of carbonyl (C=O) groups excluding carboxylic acids is 3. The van der Waals surface area contributed by atoms with Gasteiger partial charge in [0, 0.05) is 26.5 Å². The van der Waals surface area contributed by atoms with Crippen molar-refractivity contribution < 1.29 is 29.0 Å². The van der Waals surface area contributed by atoms with Gasteiger partial charge in [-0.2, -0.15) is 0 Å². The van der Waals surface area contributed by atoms with Gasteiger partial charge in [0.1, 0.15) is 22.5 Å². The molecule has 4 aromatic rings. The van der Waals surface area contributed by atoms with Crippen molar-refractivity contribution in [1.82, 2.24) is 4.98 Å². The third-order valence-electron chi connectivity index (χ3n) is 6.97. The first-order chi connectivity index (χ1) is 20.2. The number of nitrogens with one attached hydrogen (secondary N) is 2. The lowest BCUT2D eigenvalue weighted by molar-refractivity contribution is -0.122. The summed E-state index contributed by atoms with van der Waals surface area (Å²) in [5.74, 6) is -1.73. The monoisotopic (exact) mass is 667 g/mol. The van der Waals surface area contributed by atoms with Crippen LogP contribution in [0.4, 0.5) is 11.4 Å². The molecule has 214 valence electrons. The van der Waals surface area contributed by atoms with Gasteiger partial charge >= 0.3 is 4.87 Å². The molecule has 3 amide bonds. The van der Waals surface area contributed by atoms with Crippen LogP contribution in [-0.2, 0) is 14.4 Å². The average molecular weight is 669 g/mol. The van der Waals surface area contributed by atoms with Crippen LogP contribution >= 0.6 is 39.0 Å². The number of anilines is 2. The summed E-state index contributed by atoms with van der Waals surface area (Å²) in [6, 6.07) is 17.9. The van der Waals surface area contributed by atoms with Crippen molar-refractivity contribution in [3.63, 3.8) is 0 Å². The molecule has 0 spiro atoms. The largest absolute Gasteiger partial charge is 0.508 e. The van der Waals surface area contributed by atoms with Crippen LogP contribution in [0.2, 0.25) is 0 Å². The molecule has 10 nitrogen and oxygen atoms in total. The van der Waals surface area contributed by atoms with Crippen molar-refractivity contribution in [2.45, 2.75) is 16.2 Å². The zero-order chi connectivity index (χ0) is 29.5. The molecule has 0 aliphatic carbocycles. The number of hydrogen-bond acceptors (Lipinski definition) is 9. The summed E-state index contributed by atoms with van der Waals surface area (Å²) < 4.78 is 11.9. The Balaban J connectivity index is 1.35.